The van der Waals surface area contributed by atoms with Crippen molar-refractivity contribution < 1.29 is 28.7 Å². The van der Waals surface area contributed by atoms with Gasteiger partial charge in [0.15, 0.2) is 0 Å². The van der Waals surface area contributed by atoms with Gasteiger partial charge in [0.05, 0.1) is 0 Å². The van der Waals surface area contributed by atoms with Gasteiger partial charge in [-0.05, 0) is 18.3 Å². The van der Waals surface area contributed by atoms with Gasteiger partial charge in [-0.3, -0.25) is 14.4 Å². The van der Waals surface area contributed by atoms with Crippen molar-refractivity contribution in [2.75, 3.05) is 7.05 Å². The summed E-state index contributed by atoms with van der Waals surface area (Å²) in [5, 5.41) is 6.99. The van der Waals surface area contributed by atoms with Gasteiger partial charge in [0.2, 0.25) is 11.8 Å². The molecule has 134 valence electrons. The van der Waals surface area contributed by atoms with Crippen LogP contribution in [0.5, 0.6) is 0 Å². The molecule has 9 nitrogen and oxygen atoms in total. The zero-order valence-corrected chi connectivity index (χ0v) is 14.9. The molecule has 0 aromatic rings. The topological polar surface area (TPSA) is 145 Å². The molecule has 2 atom stereocenters. The normalized spacial score (nSPS) is 14.3. The van der Waals surface area contributed by atoms with Crippen LogP contribution in [-0.2, 0) is 14.2 Å². The summed E-state index contributed by atoms with van der Waals surface area (Å²) in [4.78, 5) is 53.2. The average Bonchev–Trinajstić information content (AvgIpc) is 2.40. The third-order valence-corrected chi connectivity index (χ3v) is 3.74. The number of nitrogens with one attached hydrogen (secondary N) is 3. The Kier molecular flexibility index (Phi) is 8.44. The summed E-state index contributed by atoms with van der Waals surface area (Å²) in [6.45, 7) is 7.07. The second kappa shape index (κ2) is 9.00. The largest absolute Gasteiger partial charge is 0.413 e. The monoisotopic (exact) mass is 351 g/mol. The Balaban J connectivity index is 5.17. The summed E-state index contributed by atoms with van der Waals surface area (Å²) in [5.74, 6) is -1.27. The molecule has 0 aliphatic heterocycles. The van der Waals surface area contributed by atoms with Crippen LogP contribution in [0.25, 0.3) is 0 Å². The van der Waals surface area contributed by atoms with E-state index in [9.17, 15) is 18.9 Å². The van der Waals surface area contributed by atoms with Crippen LogP contribution in [0.4, 0.5) is 4.79 Å². The van der Waals surface area contributed by atoms with Crippen molar-refractivity contribution >= 4 is 25.1 Å². The zero-order chi connectivity index (χ0) is 18.4. The average molecular weight is 351 g/mol. The van der Waals surface area contributed by atoms with Gasteiger partial charge in [0.1, 0.15) is 12.1 Å². The second-order valence-electron chi connectivity index (χ2n) is 6.02. The molecule has 0 aromatic carbocycles. The molecule has 0 rings (SSSR count). The van der Waals surface area contributed by atoms with Crippen molar-refractivity contribution in [1.29, 1.82) is 0 Å². The molecule has 0 fully saturated rings. The first kappa shape index (κ1) is 21.6. The predicted molar refractivity (Wildman–Crippen MR) is 84.7 cm³/mol. The van der Waals surface area contributed by atoms with Gasteiger partial charge < -0.3 is 25.7 Å². The van der Waals surface area contributed by atoms with Crippen LogP contribution in [0.3, 0.4) is 0 Å². The molecule has 0 radical (unpaired) electrons. The first-order valence-electron chi connectivity index (χ1n) is 7.28. The van der Waals surface area contributed by atoms with Crippen molar-refractivity contribution in [3.8, 4) is 0 Å². The van der Waals surface area contributed by atoms with Gasteiger partial charge in [-0.25, -0.2) is 4.57 Å². The summed E-state index contributed by atoms with van der Waals surface area (Å²) in [5.41, 5.74) is -1.51. The fourth-order valence-corrected chi connectivity index (χ4v) is 2.20. The van der Waals surface area contributed by atoms with Crippen molar-refractivity contribution in [3.63, 3.8) is 0 Å². The molecule has 0 bridgehead atoms. The Bertz CT molecular complexity index is 488. The molecule has 0 aliphatic carbocycles. The lowest BCUT2D eigenvalue weighted by atomic mass is 10.00. The van der Waals surface area contributed by atoms with Crippen LogP contribution in [0, 0.1) is 11.8 Å². The number of amides is 3. The van der Waals surface area contributed by atoms with E-state index in [4.69, 9.17) is 9.79 Å². The first-order valence-corrected chi connectivity index (χ1v) is 8.89. The van der Waals surface area contributed by atoms with Crippen molar-refractivity contribution in [3.05, 3.63) is 0 Å². The fourth-order valence-electron chi connectivity index (χ4n) is 1.88. The van der Waals surface area contributed by atoms with Crippen molar-refractivity contribution in [1.82, 2.24) is 16.0 Å². The van der Waals surface area contributed by atoms with Crippen LogP contribution in [0.2, 0.25) is 0 Å². The van der Waals surface area contributed by atoms with E-state index in [1.807, 2.05) is 5.32 Å². The van der Waals surface area contributed by atoms with E-state index in [-0.39, 0.29) is 18.3 Å². The van der Waals surface area contributed by atoms with Gasteiger partial charge in [0, 0.05) is 7.05 Å². The molecule has 0 heterocycles. The van der Waals surface area contributed by atoms with Crippen LogP contribution in [0.1, 0.15) is 34.1 Å². The van der Waals surface area contributed by atoms with Crippen molar-refractivity contribution in [2.24, 2.45) is 11.8 Å². The number of hydrogen-bond donors (Lipinski definition) is 5. The van der Waals surface area contributed by atoms with Crippen LogP contribution >= 0.6 is 7.60 Å². The molecule has 10 heteroatoms. The number of carbonyl (C=O) groups is 3. The number of carbonyl (C=O) groups excluding carboxylic acids is 3. The Morgan fingerprint density at radius 1 is 1.00 bits per heavy atom. The van der Waals surface area contributed by atoms with Gasteiger partial charge in [-0.2, -0.15) is 0 Å². The highest BCUT2D eigenvalue weighted by molar-refractivity contribution is 7.69. The quantitative estimate of drug-likeness (QED) is 0.394. The fraction of sp³-hybridized carbons (Fsp3) is 0.769. The van der Waals surface area contributed by atoms with Gasteiger partial charge in [-0.1, -0.05) is 27.7 Å². The summed E-state index contributed by atoms with van der Waals surface area (Å²) in [6, 6.07) is -1.95. The Labute approximate surface area is 135 Å². The van der Waals surface area contributed by atoms with Gasteiger partial charge in [-0.15, -0.1) is 0 Å². The Morgan fingerprint density at radius 3 is 1.87 bits per heavy atom. The summed E-state index contributed by atoms with van der Waals surface area (Å²) >= 11 is 0. The van der Waals surface area contributed by atoms with Crippen LogP contribution in [0.15, 0.2) is 0 Å². The number of likely N-dealkylation sites (N-methyl/N-ethyl adjacent to an activating group) is 1. The lowest BCUT2D eigenvalue weighted by Gasteiger charge is -2.25. The summed E-state index contributed by atoms with van der Waals surface area (Å²) < 4.78 is 10.9. The van der Waals surface area contributed by atoms with E-state index in [0.29, 0.717) is 0 Å². The smallest absolute Gasteiger partial charge is 0.357 e. The number of rotatable bonds is 8. The minimum Gasteiger partial charge on any atom is -0.357 e. The number of hydrogen-bond acceptors (Lipinski definition) is 4. The van der Waals surface area contributed by atoms with Gasteiger partial charge in [0.25, 0.3) is 0 Å². The lowest BCUT2D eigenvalue weighted by Crippen LogP contribution is -2.55. The molecule has 5 N–H and O–H groups in total. The minimum absolute atomic E-state index is 0.0136. The Morgan fingerprint density at radius 2 is 1.52 bits per heavy atom. The predicted octanol–water partition coefficient (Wildman–Crippen LogP) is 0.175. The second-order valence-corrected chi connectivity index (χ2v) is 7.51. The standard InChI is InChI=1S/C13H26N3O6P/c1-7(2)6-9(15-13(19)23(20,21)22)11(17)16-10(8(3)4)12(18)14-5/h7-10H,6H2,1-5H3,(H,14,18)(H,15,19)(H,16,17)(H2,20,21,22)/t9-,10-/m0/s1. The molecular weight excluding hydrogens is 325 g/mol. The van der Waals surface area contributed by atoms with E-state index < -0.39 is 37.1 Å². The lowest BCUT2D eigenvalue weighted by molar-refractivity contribution is -0.130. The van der Waals surface area contributed by atoms with Crippen LogP contribution in [-0.4, -0.2) is 46.4 Å². The van der Waals surface area contributed by atoms with E-state index in [1.165, 1.54) is 7.05 Å². The third kappa shape index (κ3) is 7.58. The first-order chi connectivity index (χ1) is 10.4. The Hall–Kier alpha value is -1.44. The van der Waals surface area contributed by atoms with Crippen LogP contribution < -0.4 is 16.0 Å². The molecular formula is C13H26N3O6P. The maximum atomic E-state index is 12.3. The minimum atomic E-state index is -4.98. The van der Waals surface area contributed by atoms with Crippen molar-refractivity contribution in [2.45, 2.75) is 46.2 Å². The molecule has 0 aromatic heterocycles. The van der Waals surface area contributed by atoms with E-state index in [0.717, 1.165) is 0 Å². The maximum absolute atomic E-state index is 12.3. The molecule has 3 amide bonds. The SMILES string of the molecule is CNC(=O)[C@@H](NC(=O)[C@H](CC(C)C)NC(=O)P(=O)(O)O)C(C)C. The van der Waals surface area contributed by atoms with E-state index in [2.05, 4.69) is 10.6 Å². The molecule has 0 aliphatic rings. The summed E-state index contributed by atoms with van der Waals surface area (Å²) in [6.07, 6.45) is 0.177. The molecule has 0 saturated carbocycles. The molecule has 0 spiro atoms. The molecule has 0 saturated heterocycles. The maximum Gasteiger partial charge on any atom is 0.413 e. The summed E-state index contributed by atoms with van der Waals surface area (Å²) in [7, 11) is -3.55. The zero-order valence-electron chi connectivity index (χ0n) is 14.0. The molecule has 23 heavy (non-hydrogen) atoms. The van der Waals surface area contributed by atoms with Gasteiger partial charge >= 0.3 is 13.2 Å². The highest BCUT2D eigenvalue weighted by atomic mass is 31.2. The van der Waals surface area contributed by atoms with E-state index >= 15 is 0 Å². The third-order valence-electron chi connectivity index (χ3n) is 3.08. The highest BCUT2D eigenvalue weighted by Gasteiger charge is 2.33. The highest BCUT2D eigenvalue weighted by Crippen LogP contribution is 2.35. The molecule has 0 unspecified atom stereocenters. The van der Waals surface area contributed by atoms with E-state index in [1.54, 1.807) is 27.7 Å².